The predicted octanol–water partition coefficient (Wildman–Crippen LogP) is 8.51. The van der Waals surface area contributed by atoms with Crippen LogP contribution in [0.15, 0.2) is 42.5 Å². The van der Waals surface area contributed by atoms with Gasteiger partial charge in [0.25, 0.3) is 5.69 Å². The summed E-state index contributed by atoms with van der Waals surface area (Å²) in [5.41, 5.74) is 0.258. The number of phenolic OH excluding ortho intramolecular Hbond substituents is 1. The SMILES string of the molecule is CCCCCCCCCCCCCCCC(=O)Nc1cc(Oc2ccc([N+](=O)[O-])cc2)ccc1O. The van der Waals surface area contributed by atoms with Crippen molar-refractivity contribution in [2.24, 2.45) is 0 Å². The van der Waals surface area contributed by atoms with Crippen molar-refractivity contribution in [2.45, 2.75) is 96.8 Å². The molecular weight excluding hydrogens is 444 g/mol. The zero-order valence-corrected chi connectivity index (χ0v) is 21.0. The smallest absolute Gasteiger partial charge is 0.269 e. The molecule has 192 valence electrons. The van der Waals surface area contributed by atoms with Gasteiger partial charge in [0, 0.05) is 24.6 Å². The van der Waals surface area contributed by atoms with Crippen LogP contribution in [0.25, 0.3) is 0 Å². The molecule has 0 saturated carbocycles. The van der Waals surface area contributed by atoms with E-state index in [0.29, 0.717) is 17.9 Å². The summed E-state index contributed by atoms with van der Waals surface area (Å²) in [6.45, 7) is 2.25. The Balaban J connectivity index is 1.61. The third kappa shape index (κ3) is 11.7. The van der Waals surface area contributed by atoms with Crippen molar-refractivity contribution in [3.63, 3.8) is 0 Å². The number of amides is 1. The number of anilines is 1. The molecule has 0 bridgehead atoms. The average molecular weight is 485 g/mol. The normalized spacial score (nSPS) is 10.8. The van der Waals surface area contributed by atoms with Crippen LogP contribution in [-0.2, 0) is 4.79 Å². The minimum Gasteiger partial charge on any atom is -0.506 e. The second-order valence-corrected chi connectivity index (χ2v) is 9.07. The van der Waals surface area contributed by atoms with Gasteiger partial charge in [-0.3, -0.25) is 14.9 Å². The number of nitro groups is 1. The van der Waals surface area contributed by atoms with Crippen molar-refractivity contribution < 1.29 is 19.6 Å². The molecule has 0 heterocycles. The summed E-state index contributed by atoms with van der Waals surface area (Å²) in [4.78, 5) is 22.6. The highest BCUT2D eigenvalue weighted by Gasteiger charge is 2.10. The number of carbonyl (C=O) groups excluding carboxylic acids is 1. The first-order valence-corrected chi connectivity index (χ1v) is 13.0. The number of aromatic hydroxyl groups is 1. The van der Waals surface area contributed by atoms with Gasteiger partial charge in [-0.2, -0.15) is 0 Å². The van der Waals surface area contributed by atoms with Gasteiger partial charge >= 0.3 is 0 Å². The number of nitrogens with one attached hydrogen (secondary N) is 1. The third-order valence-corrected chi connectivity index (χ3v) is 6.03. The molecule has 0 saturated heterocycles. The number of nitro benzene ring substituents is 1. The summed E-state index contributed by atoms with van der Waals surface area (Å²) in [6.07, 6.45) is 16.7. The molecule has 0 unspecified atom stereocenters. The van der Waals surface area contributed by atoms with Gasteiger partial charge in [-0.05, 0) is 30.7 Å². The lowest BCUT2D eigenvalue weighted by molar-refractivity contribution is -0.384. The number of hydrogen-bond acceptors (Lipinski definition) is 5. The van der Waals surface area contributed by atoms with E-state index in [9.17, 15) is 20.0 Å². The second-order valence-electron chi connectivity index (χ2n) is 9.07. The Hall–Kier alpha value is -3.09. The van der Waals surface area contributed by atoms with Gasteiger partial charge < -0.3 is 15.2 Å². The number of nitrogens with zero attached hydrogens (tertiary/aromatic N) is 1. The molecular formula is C28H40N2O5. The standard InChI is InChI=1S/C28H40N2O5/c1-2-3-4-5-6-7-8-9-10-11-12-13-14-15-28(32)29-26-22-25(20-21-27(26)31)35-24-18-16-23(17-19-24)30(33)34/h16-22,31H,2-15H2,1H3,(H,29,32). The fourth-order valence-electron chi connectivity index (χ4n) is 3.97. The number of unbranched alkanes of at least 4 members (excludes halogenated alkanes) is 12. The lowest BCUT2D eigenvalue weighted by atomic mass is 10.0. The lowest BCUT2D eigenvalue weighted by Gasteiger charge is -2.11. The molecule has 0 aliphatic carbocycles. The molecule has 2 aromatic rings. The van der Waals surface area contributed by atoms with Crippen molar-refractivity contribution in [3.8, 4) is 17.2 Å². The Labute approximate surface area is 209 Å². The van der Waals surface area contributed by atoms with E-state index in [-0.39, 0.29) is 23.0 Å². The van der Waals surface area contributed by atoms with Gasteiger partial charge in [0.2, 0.25) is 5.91 Å². The Bertz CT molecular complexity index is 899. The molecule has 0 aromatic heterocycles. The highest BCUT2D eigenvalue weighted by molar-refractivity contribution is 5.92. The topological polar surface area (TPSA) is 102 Å². The van der Waals surface area contributed by atoms with Crippen molar-refractivity contribution in [1.82, 2.24) is 0 Å². The Kier molecular flexibility index (Phi) is 13.3. The third-order valence-electron chi connectivity index (χ3n) is 6.03. The molecule has 0 aliphatic heterocycles. The predicted molar refractivity (Wildman–Crippen MR) is 140 cm³/mol. The maximum Gasteiger partial charge on any atom is 0.269 e. The number of benzene rings is 2. The van der Waals surface area contributed by atoms with Crippen LogP contribution in [0.4, 0.5) is 11.4 Å². The fourth-order valence-corrected chi connectivity index (χ4v) is 3.97. The van der Waals surface area contributed by atoms with Gasteiger partial charge in [0.05, 0.1) is 10.6 Å². The zero-order valence-electron chi connectivity index (χ0n) is 21.0. The van der Waals surface area contributed by atoms with E-state index in [0.717, 1.165) is 19.3 Å². The number of ether oxygens (including phenoxy) is 1. The molecule has 1 amide bonds. The highest BCUT2D eigenvalue weighted by atomic mass is 16.6. The van der Waals surface area contributed by atoms with Crippen LogP contribution >= 0.6 is 0 Å². The molecule has 0 fully saturated rings. The van der Waals surface area contributed by atoms with Crippen LogP contribution in [0.2, 0.25) is 0 Å². The molecule has 35 heavy (non-hydrogen) atoms. The number of non-ortho nitro benzene ring substituents is 1. The van der Waals surface area contributed by atoms with Gasteiger partial charge in [0.15, 0.2) is 0 Å². The maximum absolute atomic E-state index is 12.3. The highest BCUT2D eigenvalue weighted by Crippen LogP contribution is 2.31. The molecule has 2 rings (SSSR count). The summed E-state index contributed by atoms with van der Waals surface area (Å²) >= 11 is 0. The first-order valence-electron chi connectivity index (χ1n) is 13.0. The van der Waals surface area contributed by atoms with Crippen LogP contribution in [0.3, 0.4) is 0 Å². The first kappa shape index (κ1) is 28.1. The van der Waals surface area contributed by atoms with Crippen molar-refractivity contribution in [2.75, 3.05) is 5.32 Å². The van der Waals surface area contributed by atoms with Gasteiger partial charge in [-0.25, -0.2) is 0 Å². The Morgan fingerprint density at radius 3 is 1.89 bits per heavy atom. The van der Waals surface area contributed by atoms with Crippen LogP contribution in [0, 0.1) is 10.1 Å². The molecule has 0 spiro atoms. The van der Waals surface area contributed by atoms with Crippen molar-refractivity contribution in [1.29, 1.82) is 0 Å². The van der Waals surface area contributed by atoms with Gasteiger partial charge in [0.1, 0.15) is 17.2 Å². The van der Waals surface area contributed by atoms with Crippen LogP contribution in [0.5, 0.6) is 17.2 Å². The quantitative estimate of drug-likeness (QED) is 0.0955. The first-order chi connectivity index (χ1) is 17.0. The van der Waals surface area contributed by atoms with E-state index in [4.69, 9.17) is 4.74 Å². The van der Waals surface area contributed by atoms with E-state index in [2.05, 4.69) is 12.2 Å². The van der Waals surface area contributed by atoms with Crippen LogP contribution in [-0.4, -0.2) is 15.9 Å². The van der Waals surface area contributed by atoms with Gasteiger partial charge in [-0.1, -0.05) is 84.0 Å². The van der Waals surface area contributed by atoms with E-state index >= 15 is 0 Å². The Morgan fingerprint density at radius 2 is 1.34 bits per heavy atom. The van der Waals surface area contributed by atoms with E-state index in [1.54, 1.807) is 12.1 Å². The fraction of sp³-hybridized carbons (Fsp3) is 0.536. The average Bonchev–Trinajstić information content (AvgIpc) is 2.84. The summed E-state index contributed by atoms with van der Waals surface area (Å²) in [7, 11) is 0. The molecule has 2 aromatic carbocycles. The maximum atomic E-state index is 12.3. The molecule has 7 heteroatoms. The summed E-state index contributed by atoms with van der Waals surface area (Å²) in [5, 5.41) is 23.6. The van der Waals surface area contributed by atoms with E-state index in [1.165, 1.54) is 94.5 Å². The molecule has 0 aliphatic rings. The number of phenols is 1. The molecule has 7 nitrogen and oxygen atoms in total. The monoisotopic (exact) mass is 484 g/mol. The van der Waals surface area contributed by atoms with Gasteiger partial charge in [-0.15, -0.1) is 0 Å². The van der Waals surface area contributed by atoms with Crippen molar-refractivity contribution in [3.05, 3.63) is 52.6 Å². The largest absolute Gasteiger partial charge is 0.506 e. The summed E-state index contributed by atoms with van der Waals surface area (Å²) in [6, 6.07) is 10.3. The number of carbonyl (C=O) groups is 1. The zero-order chi connectivity index (χ0) is 25.3. The van der Waals surface area contributed by atoms with Crippen LogP contribution < -0.4 is 10.1 Å². The van der Waals surface area contributed by atoms with Crippen molar-refractivity contribution >= 4 is 17.3 Å². The van der Waals surface area contributed by atoms with E-state index < -0.39 is 4.92 Å². The minimum atomic E-state index is -0.477. The molecule has 2 N–H and O–H groups in total. The lowest BCUT2D eigenvalue weighted by Crippen LogP contribution is -2.11. The number of hydrogen-bond donors (Lipinski definition) is 2. The Morgan fingerprint density at radius 1 is 0.829 bits per heavy atom. The summed E-state index contributed by atoms with van der Waals surface area (Å²) in [5.74, 6) is 0.647. The van der Waals surface area contributed by atoms with E-state index in [1.807, 2.05) is 0 Å². The summed E-state index contributed by atoms with van der Waals surface area (Å²) < 4.78 is 5.69. The molecule has 0 atom stereocenters. The molecule has 0 radical (unpaired) electrons. The number of rotatable bonds is 18. The second kappa shape index (κ2) is 16.5. The minimum absolute atomic E-state index is 0.0239. The van der Waals surface area contributed by atoms with Crippen LogP contribution in [0.1, 0.15) is 96.8 Å².